The van der Waals surface area contributed by atoms with Crippen LogP contribution in [0.25, 0.3) is 0 Å². The number of thiophene rings is 1. The lowest BCUT2D eigenvalue weighted by molar-refractivity contribution is 0.0828. The zero-order valence-corrected chi connectivity index (χ0v) is 11.6. The highest BCUT2D eigenvalue weighted by Gasteiger charge is 2.37. The number of Topliss-reactive ketones (excluding diaryl/α,β-unsaturated/α-hetero) is 1. The van der Waals surface area contributed by atoms with Gasteiger partial charge in [0.2, 0.25) is 0 Å². The summed E-state index contributed by atoms with van der Waals surface area (Å²) in [6, 6.07) is 1.78. The molecule has 1 aliphatic rings. The molecule has 1 saturated carbocycles. The number of halogens is 2. The SMILES string of the molecule is CC1(C(=O)c2cc(Cl)c(Br)s2)CCCC1. The number of rotatable bonds is 2. The number of ketones is 1. The Balaban J connectivity index is 2.27. The van der Waals surface area contributed by atoms with Crippen molar-refractivity contribution in [2.45, 2.75) is 32.6 Å². The fourth-order valence-electron chi connectivity index (χ4n) is 2.14. The predicted molar refractivity (Wildman–Crippen MR) is 67.9 cm³/mol. The fraction of sp³-hybridized carbons (Fsp3) is 0.545. The molecule has 0 radical (unpaired) electrons. The van der Waals surface area contributed by atoms with E-state index in [0.717, 1.165) is 21.5 Å². The van der Waals surface area contributed by atoms with E-state index in [-0.39, 0.29) is 11.2 Å². The maximum Gasteiger partial charge on any atom is 0.178 e. The standard InChI is InChI=1S/C11H12BrClOS/c1-11(4-2-3-5-11)9(14)8-6-7(13)10(12)15-8/h6H,2-5H2,1H3. The molecule has 0 spiro atoms. The van der Waals surface area contributed by atoms with E-state index in [0.29, 0.717) is 5.02 Å². The molecular formula is C11H12BrClOS. The van der Waals surface area contributed by atoms with Gasteiger partial charge in [0.15, 0.2) is 5.78 Å². The van der Waals surface area contributed by atoms with Gasteiger partial charge >= 0.3 is 0 Å². The molecule has 0 unspecified atom stereocenters. The van der Waals surface area contributed by atoms with Crippen molar-refractivity contribution in [2.24, 2.45) is 5.41 Å². The molecule has 0 aromatic carbocycles. The second-order valence-electron chi connectivity index (χ2n) is 4.33. The Bertz CT molecular complexity index is 374. The summed E-state index contributed by atoms with van der Waals surface area (Å²) in [6.45, 7) is 2.07. The third-order valence-electron chi connectivity index (χ3n) is 3.12. The molecule has 0 N–H and O–H groups in total. The van der Waals surface area contributed by atoms with E-state index in [1.165, 1.54) is 24.2 Å². The number of carbonyl (C=O) groups excluding carboxylic acids is 1. The van der Waals surface area contributed by atoms with E-state index in [4.69, 9.17) is 11.6 Å². The summed E-state index contributed by atoms with van der Waals surface area (Å²) in [5.41, 5.74) is -0.145. The van der Waals surface area contributed by atoms with Crippen molar-refractivity contribution in [1.82, 2.24) is 0 Å². The summed E-state index contributed by atoms with van der Waals surface area (Å²) in [7, 11) is 0. The highest BCUT2D eigenvalue weighted by atomic mass is 79.9. The summed E-state index contributed by atoms with van der Waals surface area (Å²) >= 11 is 10.7. The van der Waals surface area contributed by atoms with E-state index >= 15 is 0 Å². The van der Waals surface area contributed by atoms with E-state index in [9.17, 15) is 4.79 Å². The van der Waals surface area contributed by atoms with Gasteiger partial charge in [-0.3, -0.25) is 4.79 Å². The predicted octanol–water partition coefficient (Wildman–Crippen LogP) is 4.93. The molecule has 0 aliphatic heterocycles. The Kier molecular flexibility index (Phi) is 3.25. The van der Waals surface area contributed by atoms with Gasteiger partial charge < -0.3 is 0 Å². The lowest BCUT2D eigenvalue weighted by Gasteiger charge is -2.20. The van der Waals surface area contributed by atoms with Gasteiger partial charge in [0, 0.05) is 5.41 Å². The van der Waals surface area contributed by atoms with Crippen molar-refractivity contribution >= 4 is 44.7 Å². The van der Waals surface area contributed by atoms with Gasteiger partial charge in [-0.1, -0.05) is 31.4 Å². The number of carbonyl (C=O) groups is 1. The van der Waals surface area contributed by atoms with Crippen LogP contribution in [-0.2, 0) is 0 Å². The topological polar surface area (TPSA) is 17.1 Å². The van der Waals surface area contributed by atoms with Crippen molar-refractivity contribution in [2.75, 3.05) is 0 Å². The first-order valence-electron chi connectivity index (χ1n) is 5.02. The third-order valence-corrected chi connectivity index (χ3v) is 5.60. The average Bonchev–Trinajstić information content (AvgIpc) is 2.75. The van der Waals surface area contributed by atoms with Crippen LogP contribution in [0.15, 0.2) is 9.85 Å². The van der Waals surface area contributed by atoms with E-state index in [2.05, 4.69) is 22.9 Å². The molecular weight excluding hydrogens is 296 g/mol. The Morgan fingerprint density at radius 2 is 2.13 bits per heavy atom. The van der Waals surface area contributed by atoms with Gasteiger partial charge in [-0.05, 0) is 34.8 Å². The molecule has 0 saturated heterocycles. The lowest BCUT2D eigenvalue weighted by atomic mass is 9.83. The molecule has 1 aromatic rings. The van der Waals surface area contributed by atoms with Crippen molar-refractivity contribution in [3.05, 3.63) is 19.8 Å². The smallest absolute Gasteiger partial charge is 0.178 e. The maximum atomic E-state index is 12.3. The van der Waals surface area contributed by atoms with Crippen molar-refractivity contribution in [3.8, 4) is 0 Å². The van der Waals surface area contributed by atoms with Crippen LogP contribution in [0.4, 0.5) is 0 Å². The molecule has 0 atom stereocenters. The van der Waals surface area contributed by atoms with Gasteiger partial charge in [0.1, 0.15) is 0 Å². The molecule has 4 heteroatoms. The number of hydrogen-bond acceptors (Lipinski definition) is 2. The normalized spacial score (nSPS) is 19.4. The minimum absolute atomic E-state index is 0.145. The largest absolute Gasteiger partial charge is 0.293 e. The molecule has 1 fully saturated rings. The summed E-state index contributed by atoms with van der Waals surface area (Å²) in [6.07, 6.45) is 4.36. The molecule has 1 heterocycles. The minimum Gasteiger partial charge on any atom is -0.293 e. The van der Waals surface area contributed by atoms with Crippen LogP contribution in [-0.4, -0.2) is 5.78 Å². The van der Waals surface area contributed by atoms with Crippen molar-refractivity contribution < 1.29 is 4.79 Å². The van der Waals surface area contributed by atoms with Crippen LogP contribution in [0.3, 0.4) is 0 Å². The van der Waals surface area contributed by atoms with Gasteiger partial charge in [-0.25, -0.2) is 0 Å². The molecule has 1 aliphatic carbocycles. The summed E-state index contributed by atoms with van der Waals surface area (Å²) in [4.78, 5) is 13.1. The molecule has 0 bridgehead atoms. The molecule has 82 valence electrons. The first-order valence-corrected chi connectivity index (χ1v) is 7.01. The first kappa shape index (κ1) is 11.6. The van der Waals surface area contributed by atoms with Crippen LogP contribution in [0, 0.1) is 5.41 Å². The maximum absolute atomic E-state index is 12.3. The molecule has 1 aromatic heterocycles. The molecule has 1 nitrogen and oxygen atoms in total. The molecule has 2 rings (SSSR count). The average molecular weight is 308 g/mol. The summed E-state index contributed by atoms with van der Waals surface area (Å²) in [5, 5.41) is 0.643. The Hall–Kier alpha value is 0.140. The second kappa shape index (κ2) is 4.19. The first-order chi connectivity index (χ1) is 7.03. The van der Waals surface area contributed by atoms with E-state index in [1.54, 1.807) is 6.07 Å². The van der Waals surface area contributed by atoms with Crippen LogP contribution in [0.1, 0.15) is 42.3 Å². The Morgan fingerprint density at radius 3 is 2.60 bits per heavy atom. The van der Waals surface area contributed by atoms with Crippen molar-refractivity contribution in [3.63, 3.8) is 0 Å². The lowest BCUT2D eigenvalue weighted by Crippen LogP contribution is -2.23. The van der Waals surface area contributed by atoms with Crippen LogP contribution in [0.2, 0.25) is 5.02 Å². The van der Waals surface area contributed by atoms with Crippen LogP contribution < -0.4 is 0 Å². The zero-order chi connectivity index (χ0) is 11.1. The highest BCUT2D eigenvalue weighted by Crippen LogP contribution is 2.43. The van der Waals surface area contributed by atoms with Crippen LogP contribution in [0.5, 0.6) is 0 Å². The second-order valence-corrected chi connectivity index (χ2v) is 7.11. The quantitative estimate of drug-likeness (QED) is 0.708. The monoisotopic (exact) mass is 306 g/mol. The minimum atomic E-state index is -0.145. The van der Waals surface area contributed by atoms with Gasteiger partial charge in [-0.15, -0.1) is 11.3 Å². The zero-order valence-electron chi connectivity index (χ0n) is 8.48. The van der Waals surface area contributed by atoms with Gasteiger partial charge in [-0.2, -0.15) is 0 Å². The van der Waals surface area contributed by atoms with Crippen molar-refractivity contribution in [1.29, 1.82) is 0 Å². The highest BCUT2D eigenvalue weighted by molar-refractivity contribution is 9.11. The third kappa shape index (κ3) is 2.15. The Labute approximate surface area is 107 Å². The molecule has 0 amide bonds. The van der Waals surface area contributed by atoms with Gasteiger partial charge in [0.05, 0.1) is 13.7 Å². The Morgan fingerprint density at radius 1 is 1.53 bits per heavy atom. The van der Waals surface area contributed by atoms with E-state index in [1.807, 2.05) is 0 Å². The number of hydrogen-bond donors (Lipinski definition) is 0. The summed E-state index contributed by atoms with van der Waals surface area (Å²) in [5.74, 6) is 0.262. The van der Waals surface area contributed by atoms with Gasteiger partial charge in [0.25, 0.3) is 0 Å². The molecule has 15 heavy (non-hydrogen) atoms. The fourth-order valence-corrected chi connectivity index (χ4v) is 3.93. The summed E-state index contributed by atoms with van der Waals surface area (Å²) < 4.78 is 0.856. The van der Waals surface area contributed by atoms with E-state index < -0.39 is 0 Å². The van der Waals surface area contributed by atoms with Crippen LogP contribution >= 0.6 is 38.9 Å².